The molecule has 2 saturated heterocycles. The van der Waals surface area contributed by atoms with Crippen molar-refractivity contribution in [2.45, 2.75) is 95.2 Å². The van der Waals surface area contributed by atoms with Crippen LogP contribution in [0.5, 0.6) is 5.75 Å². The van der Waals surface area contributed by atoms with E-state index in [4.69, 9.17) is 40.0 Å². The Morgan fingerprint density at radius 2 is 1.11 bits per heavy atom. The molecule has 2 aliphatic heterocycles. The molecule has 8 rings (SSSR count). The third-order valence-electron chi connectivity index (χ3n) is 11.8. The molecule has 316 valence electrons. The lowest BCUT2D eigenvalue weighted by atomic mass is 9.73. The Hall–Kier alpha value is -4.83. The van der Waals surface area contributed by atoms with E-state index in [1.165, 1.54) is 5.56 Å². The third-order valence-corrected chi connectivity index (χ3v) is 12.1. The molecule has 2 fully saturated rings. The summed E-state index contributed by atoms with van der Waals surface area (Å²) in [6.45, 7) is 6.14. The average molecular weight is 839 g/mol. The van der Waals surface area contributed by atoms with Crippen molar-refractivity contribution in [2.24, 2.45) is 0 Å². The highest BCUT2D eigenvalue weighted by molar-refractivity contribution is 6.31. The molecule has 6 unspecified atom stereocenters. The Labute approximate surface area is 365 Å². The van der Waals surface area contributed by atoms with E-state index in [0.29, 0.717) is 43.2 Å². The van der Waals surface area contributed by atoms with E-state index < -0.39 is 35.6 Å². The van der Waals surface area contributed by atoms with E-state index >= 15 is 0 Å². The zero-order chi connectivity index (χ0) is 42.1. The van der Waals surface area contributed by atoms with Crippen molar-refractivity contribution < 1.29 is 33.5 Å². The van der Waals surface area contributed by atoms with Crippen molar-refractivity contribution in [1.29, 1.82) is 0 Å². The number of hydrogen-bond acceptors (Lipinski definition) is 7. The summed E-state index contributed by atoms with van der Waals surface area (Å²) in [6.07, 6.45) is -1.00. The topological polar surface area (TPSA) is 78.9 Å². The molecular formula is C53H55ClO7. The van der Waals surface area contributed by atoms with Gasteiger partial charge in [-0.2, -0.15) is 0 Å². The molecule has 0 radical (unpaired) electrons. The van der Waals surface area contributed by atoms with Gasteiger partial charge in [0.05, 0.1) is 45.2 Å². The van der Waals surface area contributed by atoms with Gasteiger partial charge < -0.3 is 33.5 Å². The summed E-state index contributed by atoms with van der Waals surface area (Å²) >= 11 is 7.02. The standard InChI is InChI=1S/C53H55ClO7/c1-3-38-24-26-39(27-25-38)28-44-29-45(47(55)30-46(44)54)53(36-52(2)37-60-52)51(59-34-43-22-14-7-15-23-43)50(58-33-42-20-12-6-13-21-42)49(57-32-41-18-10-5-11-19-41)48(61-53)35-56-31-40-16-8-4-9-17-40/h4-27,29-30,48-51,55H,3,28,31-37H2,1-2H3. The first-order valence-corrected chi connectivity index (χ1v) is 21.7. The van der Waals surface area contributed by atoms with Crippen LogP contribution < -0.4 is 0 Å². The summed E-state index contributed by atoms with van der Waals surface area (Å²) in [4.78, 5) is 0. The summed E-state index contributed by atoms with van der Waals surface area (Å²) in [5.41, 5.74) is 5.91. The lowest BCUT2D eigenvalue weighted by Gasteiger charge is -2.54. The summed E-state index contributed by atoms with van der Waals surface area (Å²) in [5.74, 6) is 0.00191. The second-order valence-corrected chi connectivity index (χ2v) is 16.9. The smallest absolute Gasteiger partial charge is 0.129 e. The van der Waals surface area contributed by atoms with Gasteiger partial charge in [-0.3, -0.25) is 0 Å². The van der Waals surface area contributed by atoms with Crippen LogP contribution in [0.1, 0.15) is 64.8 Å². The summed E-state index contributed by atoms with van der Waals surface area (Å²) < 4.78 is 41.7. The zero-order valence-corrected chi connectivity index (χ0v) is 35.7. The third kappa shape index (κ3) is 10.8. The fraction of sp³-hybridized carbons (Fsp3) is 0.321. The Morgan fingerprint density at radius 3 is 1.64 bits per heavy atom. The molecule has 6 atom stereocenters. The van der Waals surface area contributed by atoms with E-state index in [2.05, 4.69) is 50.2 Å². The maximum Gasteiger partial charge on any atom is 0.129 e. The Bertz CT molecular complexity index is 2270. The first kappa shape index (κ1) is 42.8. The molecule has 61 heavy (non-hydrogen) atoms. The van der Waals surface area contributed by atoms with E-state index in [0.717, 1.165) is 39.8 Å². The van der Waals surface area contributed by atoms with Gasteiger partial charge in [0.25, 0.3) is 0 Å². The minimum absolute atomic E-state index is 0.00191. The van der Waals surface area contributed by atoms with Crippen molar-refractivity contribution in [3.8, 4) is 5.75 Å². The van der Waals surface area contributed by atoms with Crippen LogP contribution in [-0.4, -0.2) is 48.3 Å². The molecule has 7 nitrogen and oxygen atoms in total. The van der Waals surface area contributed by atoms with Crippen LogP contribution in [0.3, 0.4) is 0 Å². The van der Waals surface area contributed by atoms with Gasteiger partial charge in [-0.1, -0.05) is 164 Å². The zero-order valence-electron chi connectivity index (χ0n) is 35.0. The molecule has 0 aliphatic carbocycles. The Morgan fingerprint density at radius 1 is 0.623 bits per heavy atom. The van der Waals surface area contributed by atoms with Crippen LogP contribution in [0.4, 0.5) is 0 Å². The van der Waals surface area contributed by atoms with E-state index in [9.17, 15) is 5.11 Å². The van der Waals surface area contributed by atoms with Crippen molar-refractivity contribution >= 4 is 11.6 Å². The highest BCUT2D eigenvalue weighted by Gasteiger charge is 2.62. The van der Waals surface area contributed by atoms with Gasteiger partial charge in [0.1, 0.15) is 35.8 Å². The van der Waals surface area contributed by atoms with Crippen molar-refractivity contribution in [3.63, 3.8) is 0 Å². The molecule has 0 aromatic heterocycles. The molecule has 0 amide bonds. The normalized spacial score (nSPS) is 23.5. The first-order valence-electron chi connectivity index (χ1n) is 21.3. The van der Waals surface area contributed by atoms with E-state index in [-0.39, 0.29) is 25.6 Å². The molecule has 6 aromatic rings. The minimum Gasteiger partial charge on any atom is -0.508 e. The summed E-state index contributed by atoms with van der Waals surface area (Å²) in [6, 6.07) is 52.6. The van der Waals surface area contributed by atoms with Crippen molar-refractivity contribution in [2.75, 3.05) is 13.2 Å². The largest absolute Gasteiger partial charge is 0.508 e. The van der Waals surface area contributed by atoms with Crippen molar-refractivity contribution in [3.05, 3.63) is 207 Å². The van der Waals surface area contributed by atoms with Gasteiger partial charge in [-0.05, 0) is 70.8 Å². The van der Waals surface area contributed by atoms with E-state index in [1.807, 2.05) is 115 Å². The predicted molar refractivity (Wildman–Crippen MR) is 238 cm³/mol. The molecule has 0 bridgehead atoms. The van der Waals surface area contributed by atoms with Crippen LogP contribution in [0.15, 0.2) is 158 Å². The highest BCUT2D eigenvalue weighted by Crippen LogP contribution is 2.53. The molecule has 2 aliphatic rings. The molecular weight excluding hydrogens is 784 g/mol. The van der Waals surface area contributed by atoms with Gasteiger partial charge in [-0.15, -0.1) is 0 Å². The second kappa shape index (κ2) is 19.9. The number of aryl methyl sites for hydroxylation is 1. The fourth-order valence-electron chi connectivity index (χ4n) is 8.39. The minimum atomic E-state index is -1.33. The molecule has 1 N–H and O–H groups in total. The second-order valence-electron chi connectivity index (χ2n) is 16.5. The number of halogens is 1. The maximum atomic E-state index is 12.2. The van der Waals surface area contributed by atoms with Crippen LogP contribution in [-0.2, 0) is 73.3 Å². The van der Waals surface area contributed by atoms with Crippen LogP contribution in [0.25, 0.3) is 0 Å². The number of epoxide rings is 1. The summed E-state index contributed by atoms with van der Waals surface area (Å²) in [5, 5.41) is 12.7. The number of phenolic OH excluding ortho intramolecular Hbond substituents is 1. The van der Waals surface area contributed by atoms with Crippen LogP contribution in [0, 0.1) is 0 Å². The number of hydrogen-bond donors (Lipinski definition) is 1. The lowest BCUT2D eigenvalue weighted by Crippen LogP contribution is -2.66. The van der Waals surface area contributed by atoms with Crippen LogP contribution >= 0.6 is 11.6 Å². The number of rotatable bonds is 19. The van der Waals surface area contributed by atoms with Crippen molar-refractivity contribution in [1.82, 2.24) is 0 Å². The van der Waals surface area contributed by atoms with Gasteiger partial charge in [-0.25, -0.2) is 0 Å². The number of phenols is 1. The Kier molecular flexibility index (Phi) is 14.0. The average Bonchev–Trinajstić information content (AvgIpc) is 4.02. The first-order chi connectivity index (χ1) is 29.8. The van der Waals surface area contributed by atoms with Crippen LogP contribution in [0.2, 0.25) is 5.02 Å². The number of benzene rings is 6. The maximum absolute atomic E-state index is 12.2. The molecule has 8 heteroatoms. The predicted octanol–water partition coefficient (Wildman–Crippen LogP) is 10.9. The fourth-order valence-corrected chi connectivity index (χ4v) is 8.61. The monoisotopic (exact) mass is 838 g/mol. The molecule has 2 heterocycles. The van der Waals surface area contributed by atoms with Gasteiger partial charge in [0.15, 0.2) is 0 Å². The molecule has 6 aromatic carbocycles. The number of ether oxygens (including phenoxy) is 6. The Balaban J connectivity index is 1.27. The SMILES string of the molecule is CCc1ccc(Cc2cc(C3(CC4(C)CO4)OC(COCc4ccccc4)C(OCc4ccccc4)C(OCc4ccccc4)C3OCc3ccccc3)c(O)cc2Cl)cc1. The molecule has 0 spiro atoms. The highest BCUT2D eigenvalue weighted by atomic mass is 35.5. The van der Waals surface area contributed by atoms with E-state index in [1.54, 1.807) is 6.07 Å². The number of aromatic hydroxyl groups is 1. The lowest BCUT2D eigenvalue weighted by molar-refractivity contribution is -0.317. The molecule has 0 saturated carbocycles. The van der Waals surface area contributed by atoms with Gasteiger partial charge in [0.2, 0.25) is 0 Å². The quantitative estimate of drug-likeness (QED) is 0.0814. The van der Waals surface area contributed by atoms with Gasteiger partial charge >= 0.3 is 0 Å². The summed E-state index contributed by atoms with van der Waals surface area (Å²) in [7, 11) is 0. The van der Waals surface area contributed by atoms with Gasteiger partial charge in [0, 0.05) is 17.0 Å².